The minimum absolute atomic E-state index is 0.116. The SMILES string of the molecule is CCCNC(c1cccnc1)c1c(Br)cnn1CC. The van der Waals surface area contributed by atoms with E-state index in [0.29, 0.717) is 0 Å². The van der Waals surface area contributed by atoms with E-state index in [4.69, 9.17) is 0 Å². The fraction of sp³-hybridized carbons (Fsp3) is 0.429. The first-order valence-electron chi connectivity index (χ1n) is 6.62. The monoisotopic (exact) mass is 322 g/mol. The molecule has 2 aromatic rings. The van der Waals surface area contributed by atoms with E-state index in [1.165, 1.54) is 0 Å². The summed E-state index contributed by atoms with van der Waals surface area (Å²) >= 11 is 3.60. The average molecular weight is 323 g/mol. The van der Waals surface area contributed by atoms with Crippen LogP contribution in [0.1, 0.15) is 37.6 Å². The molecule has 4 nitrogen and oxygen atoms in total. The maximum absolute atomic E-state index is 4.40. The Morgan fingerprint density at radius 1 is 1.37 bits per heavy atom. The van der Waals surface area contributed by atoms with Crippen LogP contribution in [-0.2, 0) is 6.54 Å². The first-order chi connectivity index (χ1) is 9.27. The maximum atomic E-state index is 4.40. The number of pyridine rings is 1. The van der Waals surface area contributed by atoms with Crippen LogP contribution < -0.4 is 5.32 Å². The third kappa shape index (κ3) is 3.22. The van der Waals surface area contributed by atoms with Gasteiger partial charge < -0.3 is 5.32 Å². The van der Waals surface area contributed by atoms with Crippen molar-refractivity contribution >= 4 is 15.9 Å². The van der Waals surface area contributed by atoms with E-state index < -0.39 is 0 Å². The van der Waals surface area contributed by atoms with Gasteiger partial charge in [0, 0.05) is 18.9 Å². The summed E-state index contributed by atoms with van der Waals surface area (Å²) in [5.74, 6) is 0. The minimum atomic E-state index is 0.116. The highest BCUT2D eigenvalue weighted by molar-refractivity contribution is 9.10. The van der Waals surface area contributed by atoms with E-state index in [-0.39, 0.29) is 6.04 Å². The third-order valence-electron chi connectivity index (χ3n) is 3.02. The van der Waals surface area contributed by atoms with Gasteiger partial charge in [0.2, 0.25) is 0 Å². The van der Waals surface area contributed by atoms with Crippen LogP contribution in [0.4, 0.5) is 0 Å². The van der Waals surface area contributed by atoms with Gasteiger partial charge in [0.1, 0.15) is 0 Å². The lowest BCUT2D eigenvalue weighted by Crippen LogP contribution is -2.26. The normalized spacial score (nSPS) is 12.6. The van der Waals surface area contributed by atoms with Crippen LogP contribution in [0.25, 0.3) is 0 Å². The molecular formula is C14H19BrN4. The topological polar surface area (TPSA) is 42.7 Å². The molecule has 0 aliphatic carbocycles. The number of aromatic nitrogens is 3. The first kappa shape index (κ1) is 14.2. The number of nitrogens with zero attached hydrogens (tertiary/aromatic N) is 3. The van der Waals surface area contributed by atoms with Crippen LogP contribution >= 0.6 is 15.9 Å². The molecule has 0 fully saturated rings. The van der Waals surface area contributed by atoms with Gasteiger partial charge in [-0.25, -0.2) is 0 Å². The summed E-state index contributed by atoms with van der Waals surface area (Å²) in [5, 5.41) is 7.97. The molecular weight excluding hydrogens is 304 g/mol. The van der Waals surface area contributed by atoms with Gasteiger partial charge in [-0.1, -0.05) is 13.0 Å². The lowest BCUT2D eigenvalue weighted by atomic mass is 10.1. The van der Waals surface area contributed by atoms with Crippen molar-refractivity contribution in [1.29, 1.82) is 0 Å². The van der Waals surface area contributed by atoms with Gasteiger partial charge in [0.05, 0.1) is 22.4 Å². The Morgan fingerprint density at radius 2 is 2.21 bits per heavy atom. The maximum Gasteiger partial charge on any atom is 0.0774 e. The average Bonchev–Trinajstić information content (AvgIpc) is 2.82. The van der Waals surface area contributed by atoms with Crippen LogP contribution in [0.3, 0.4) is 0 Å². The molecule has 2 rings (SSSR count). The van der Waals surface area contributed by atoms with Crippen LogP contribution in [0.2, 0.25) is 0 Å². The molecule has 19 heavy (non-hydrogen) atoms. The lowest BCUT2D eigenvalue weighted by molar-refractivity contribution is 0.527. The zero-order chi connectivity index (χ0) is 13.7. The highest BCUT2D eigenvalue weighted by Gasteiger charge is 2.20. The van der Waals surface area contributed by atoms with Gasteiger partial charge in [-0.2, -0.15) is 5.10 Å². The van der Waals surface area contributed by atoms with Gasteiger partial charge in [0.25, 0.3) is 0 Å². The van der Waals surface area contributed by atoms with Crippen LogP contribution in [0.5, 0.6) is 0 Å². The molecule has 1 unspecified atom stereocenters. The largest absolute Gasteiger partial charge is 0.305 e. The molecule has 0 aliphatic rings. The lowest BCUT2D eigenvalue weighted by Gasteiger charge is -2.20. The van der Waals surface area contributed by atoms with Gasteiger partial charge in [-0.3, -0.25) is 9.67 Å². The molecule has 0 aliphatic heterocycles. The predicted molar refractivity (Wildman–Crippen MR) is 80.0 cm³/mol. The van der Waals surface area contributed by atoms with Crippen LogP contribution in [0.15, 0.2) is 35.2 Å². The number of rotatable bonds is 6. The summed E-state index contributed by atoms with van der Waals surface area (Å²) in [6, 6.07) is 4.18. The summed E-state index contributed by atoms with van der Waals surface area (Å²) in [4.78, 5) is 4.22. The fourth-order valence-electron chi connectivity index (χ4n) is 2.12. The number of hydrogen-bond donors (Lipinski definition) is 1. The molecule has 2 heterocycles. The van der Waals surface area contributed by atoms with Gasteiger partial charge in [-0.15, -0.1) is 0 Å². The zero-order valence-corrected chi connectivity index (χ0v) is 12.9. The Balaban J connectivity index is 2.40. The van der Waals surface area contributed by atoms with E-state index >= 15 is 0 Å². The van der Waals surface area contributed by atoms with E-state index in [0.717, 1.165) is 35.2 Å². The molecule has 0 radical (unpaired) electrons. The quantitative estimate of drug-likeness (QED) is 0.888. The standard InChI is InChI=1S/C14H19BrN4/c1-3-7-17-13(11-6-5-8-16-9-11)14-12(15)10-18-19(14)4-2/h5-6,8-10,13,17H,3-4,7H2,1-2H3. The first-order valence-corrected chi connectivity index (χ1v) is 7.41. The minimum Gasteiger partial charge on any atom is -0.305 e. The Kier molecular flexibility index (Phi) is 5.10. The summed E-state index contributed by atoms with van der Waals surface area (Å²) in [5.41, 5.74) is 2.32. The number of aryl methyl sites for hydroxylation is 1. The second kappa shape index (κ2) is 6.82. The van der Waals surface area contributed by atoms with E-state index in [1.807, 2.05) is 23.1 Å². The molecule has 5 heteroatoms. The molecule has 0 saturated heterocycles. The number of nitrogens with one attached hydrogen (secondary N) is 1. The molecule has 0 bridgehead atoms. The Hall–Kier alpha value is -1.20. The summed E-state index contributed by atoms with van der Waals surface area (Å²) < 4.78 is 3.05. The third-order valence-corrected chi connectivity index (χ3v) is 3.63. The second-order valence-corrected chi connectivity index (χ2v) is 5.22. The molecule has 1 N–H and O–H groups in total. The smallest absolute Gasteiger partial charge is 0.0774 e. The van der Waals surface area contributed by atoms with E-state index in [9.17, 15) is 0 Å². The fourth-order valence-corrected chi connectivity index (χ4v) is 2.64. The van der Waals surface area contributed by atoms with Crippen LogP contribution in [-0.4, -0.2) is 21.3 Å². The highest BCUT2D eigenvalue weighted by atomic mass is 79.9. The van der Waals surface area contributed by atoms with Crippen molar-refractivity contribution in [2.75, 3.05) is 6.54 Å². The Morgan fingerprint density at radius 3 is 2.84 bits per heavy atom. The second-order valence-electron chi connectivity index (χ2n) is 4.37. The molecule has 0 spiro atoms. The molecule has 0 amide bonds. The van der Waals surface area contributed by atoms with Crippen molar-refractivity contribution in [3.8, 4) is 0 Å². The van der Waals surface area contributed by atoms with Gasteiger partial charge >= 0.3 is 0 Å². The summed E-state index contributed by atoms with van der Waals surface area (Å²) in [6.07, 6.45) is 6.66. The summed E-state index contributed by atoms with van der Waals surface area (Å²) in [6.45, 7) is 6.08. The van der Waals surface area contributed by atoms with Crippen molar-refractivity contribution in [1.82, 2.24) is 20.1 Å². The Labute approximate surface area is 122 Å². The predicted octanol–water partition coefficient (Wildman–Crippen LogP) is 3.15. The zero-order valence-electron chi connectivity index (χ0n) is 11.3. The number of hydrogen-bond acceptors (Lipinski definition) is 3. The molecule has 102 valence electrons. The highest BCUT2D eigenvalue weighted by Crippen LogP contribution is 2.28. The molecule has 0 saturated carbocycles. The van der Waals surface area contributed by atoms with Crippen molar-refractivity contribution in [2.45, 2.75) is 32.9 Å². The van der Waals surface area contributed by atoms with Crippen molar-refractivity contribution in [2.24, 2.45) is 0 Å². The molecule has 0 aromatic carbocycles. The van der Waals surface area contributed by atoms with E-state index in [2.05, 4.69) is 51.2 Å². The van der Waals surface area contributed by atoms with Gasteiger partial charge in [0.15, 0.2) is 0 Å². The summed E-state index contributed by atoms with van der Waals surface area (Å²) in [7, 11) is 0. The van der Waals surface area contributed by atoms with Crippen molar-refractivity contribution < 1.29 is 0 Å². The van der Waals surface area contributed by atoms with Gasteiger partial charge in [-0.05, 0) is 47.4 Å². The van der Waals surface area contributed by atoms with Crippen molar-refractivity contribution in [3.63, 3.8) is 0 Å². The van der Waals surface area contributed by atoms with E-state index in [1.54, 1.807) is 6.20 Å². The molecule has 2 aromatic heterocycles. The molecule has 1 atom stereocenters. The van der Waals surface area contributed by atoms with Crippen molar-refractivity contribution in [3.05, 3.63) is 46.5 Å². The Bertz CT molecular complexity index is 509. The number of halogens is 1. The van der Waals surface area contributed by atoms with Crippen LogP contribution in [0, 0.1) is 0 Å².